The van der Waals surface area contributed by atoms with Gasteiger partial charge in [0, 0.05) is 11.1 Å². The molecule has 0 spiro atoms. The van der Waals surface area contributed by atoms with Crippen molar-refractivity contribution in [2.45, 2.75) is 13.8 Å². The Kier molecular flexibility index (Phi) is 3.05. The molecular formula is C15H13FO. The van der Waals surface area contributed by atoms with Crippen LogP contribution in [0.15, 0.2) is 42.5 Å². The van der Waals surface area contributed by atoms with Crippen LogP contribution in [0.25, 0.3) is 0 Å². The third-order valence-corrected chi connectivity index (χ3v) is 2.96. The summed E-state index contributed by atoms with van der Waals surface area (Å²) in [5.74, 6) is -0.395. The molecule has 2 heteroatoms. The van der Waals surface area contributed by atoms with Crippen molar-refractivity contribution >= 4 is 5.78 Å². The molecule has 0 atom stereocenters. The number of ketones is 1. The Labute approximate surface area is 99.9 Å². The van der Waals surface area contributed by atoms with E-state index in [1.165, 1.54) is 24.3 Å². The van der Waals surface area contributed by atoms with Crippen LogP contribution in [0.1, 0.15) is 27.0 Å². The van der Waals surface area contributed by atoms with Crippen LogP contribution in [0.2, 0.25) is 0 Å². The van der Waals surface area contributed by atoms with Crippen LogP contribution >= 0.6 is 0 Å². The summed E-state index contributed by atoms with van der Waals surface area (Å²) in [7, 11) is 0. The van der Waals surface area contributed by atoms with E-state index in [-0.39, 0.29) is 11.6 Å². The van der Waals surface area contributed by atoms with Crippen molar-refractivity contribution in [3.8, 4) is 0 Å². The van der Waals surface area contributed by atoms with E-state index in [4.69, 9.17) is 0 Å². The van der Waals surface area contributed by atoms with Crippen LogP contribution in [-0.4, -0.2) is 5.78 Å². The molecule has 0 bridgehead atoms. The van der Waals surface area contributed by atoms with Crippen LogP contribution in [0.5, 0.6) is 0 Å². The first-order valence-electron chi connectivity index (χ1n) is 5.46. The second-order valence-corrected chi connectivity index (χ2v) is 4.08. The van der Waals surface area contributed by atoms with Gasteiger partial charge in [0.15, 0.2) is 5.78 Å². The van der Waals surface area contributed by atoms with Gasteiger partial charge in [-0.1, -0.05) is 18.2 Å². The molecule has 0 saturated heterocycles. The summed E-state index contributed by atoms with van der Waals surface area (Å²) in [6.07, 6.45) is 0. The third-order valence-electron chi connectivity index (χ3n) is 2.96. The number of aryl methyl sites for hydroxylation is 1. The van der Waals surface area contributed by atoms with Crippen LogP contribution in [-0.2, 0) is 0 Å². The van der Waals surface area contributed by atoms with Gasteiger partial charge in [0.1, 0.15) is 5.82 Å². The van der Waals surface area contributed by atoms with E-state index in [9.17, 15) is 9.18 Å². The van der Waals surface area contributed by atoms with Crippen LogP contribution in [0, 0.1) is 19.7 Å². The average molecular weight is 228 g/mol. The molecule has 2 aromatic rings. The molecule has 0 unspecified atom stereocenters. The van der Waals surface area contributed by atoms with Crippen molar-refractivity contribution < 1.29 is 9.18 Å². The SMILES string of the molecule is Cc1cccc(C(=O)c2ccc(F)cc2)c1C. The van der Waals surface area contributed by atoms with E-state index in [1.54, 1.807) is 6.07 Å². The zero-order valence-corrected chi connectivity index (χ0v) is 9.83. The van der Waals surface area contributed by atoms with Gasteiger partial charge in [-0.25, -0.2) is 4.39 Å². The fourth-order valence-electron chi connectivity index (χ4n) is 1.75. The number of rotatable bonds is 2. The van der Waals surface area contributed by atoms with E-state index in [2.05, 4.69) is 0 Å². The van der Waals surface area contributed by atoms with E-state index in [0.29, 0.717) is 11.1 Å². The maximum Gasteiger partial charge on any atom is 0.193 e. The molecule has 86 valence electrons. The highest BCUT2D eigenvalue weighted by Gasteiger charge is 2.12. The minimum atomic E-state index is -0.331. The Bertz CT molecular complexity index is 556. The van der Waals surface area contributed by atoms with E-state index < -0.39 is 0 Å². The maximum absolute atomic E-state index is 12.8. The van der Waals surface area contributed by atoms with Gasteiger partial charge in [0.25, 0.3) is 0 Å². The lowest BCUT2D eigenvalue weighted by atomic mass is 9.96. The number of hydrogen-bond acceptors (Lipinski definition) is 1. The summed E-state index contributed by atoms with van der Waals surface area (Å²) >= 11 is 0. The van der Waals surface area contributed by atoms with E-state index >= 15 is 0 Å². The number of benzene rings is 2. The average Bonchev–Trinajstić information content (AvgIpc) is 2.33. The third kappa shape index (κ3) is 2.26. The minimum absolute atomic E-state index is 0.0637. The first-order chi connectivity index (χ1) is 8.09. The molecule has 1 nitrogen and oxygen atoms in total. The van der Waals surface area contributed by atoms with Crippen LogP contribution < -0.4 is 0 Å². The standard InChI is InChI=1S/C15H13FO/c1-10-4-3-5-14(11(10)2)15(17)12-6-8-13(16)9-7-12/h3-9H,1-2H3. The van der Waals surface area contributed by atoms with Gasteiger partial charge < -0.3 is 0 Å². The molecule has 0 aliphatic heterocycles. The van der Waals surface area contributed by atoms with Gasteiger partial charge in [-0.2, -0.15) is 0 Å². The van der Waals surface area contributed by atoms with Crippen molar-refractivity contribution in [2.24, 2.45) is 0 Å². The van der Waals surface area contributed by atoms with E-state index in [1.807, 2.05) is 26.0 Å². The molecule has 0 radical (unpaired) electrons. The molecular weight excluding hydrogens is 215 g/mol. The molecule has 0 saturated carbocycles. The molecule has 2 rings (SSSR count). The molecule has 2 aromatic carbocycles. The van der Waals surface area contributed by atoms with Crippen molar-refractivity contribution in [1.29, 1.82) is 0 Å². The molecule has 0 N–H and O–H groups in total. The Morgan fingerprint density at radius 3 is 2.29 bits per heavy atom. The summed E-state index contributed by atoms with van der Waals surface area (Å²) in [4.78, 5) is 12.2. The van der Waals surface area contributed by atoms with Gasteiger partial charge >= 0.3 is 0 Å². The van der Waals surface area contributed by atoms with Crippen molar-refractivity contribution in [3.63, 3.8) is 0 Å². The molecule has 0 fully saturated rings. The largest absolute Gasteiger partial charge is 0.289 e. The first kappa shape index (κ1) is 11.5. The zero-order chi connectivity index (χ0) is 12.4. The minimum Gasteiger partial charge on any atom is -0.289 e. The summed E-state index contributed by atoms with van der Waals surface area (Å²) in [6.45, 7) is 3.89. The quantitative estimate of drug-likeness (QED) is 0.717. The number of hydrogen-bond donors (Lipinski definition) is 0. The Balaban J connectivity index is 2.44. The molecule has 0 aromatic heterocycles. The number of carbonyl (C=O) groups is 1. The lowest BCUT2D eigenvalue weighted by molar-refractivity contribution is 0.103. The Hall–Kier alpha value is -1.96. The normalized spacial score (nSPS) is 10.3. The summed E-state index contributed by atoms with van der Waals surface area (Å²) < 4.78 is 12.8. The summed E-state index contributed by atoms with van der Waals surface area (Å²) in [5.41, 5.74) is 3.25. The molecule has 0 aliphatic carbocycles. The topological polar surface area (TPSA) is 17.1 Å². The number of halogens is 1. The van der Waals surface area contributed by atoms with Crippen molar-refractivity contribution in [3.05, 3.63) is 70.5 Å². The monoisotopic (exact) mass is 228 g/mol. The molecule has 0 aliphatic rings. The zero-order valence-electron chi connectivity index (χ0n) is 9.83. The van der Waals surface area contributed by atoms with E-state index in [0.717, 1.165) is 11.1 Å². The predicted octanol–water partition coefficient (Wildman–Crippen LogP) is 3.67. The lowest BCUT2D eigenvalue weighted by Gasteiger charge is -2.07. The predicted molar refractivity (Wildman–Crippen MR) is 65.7 cm³/mol. The number of carbonyl (C=O) groups excluding carboxylic acids is 1. The van der Waals surface area contributed by atoms with Gasteiger partial charge in [0.05, 0.1) is 0 Å². The fraction of sp³-hybridized carbons (Fsp3) is 0.133. The van der Waals surface area contributed by atoms with Crippen molar-refractivity contribution in [2.75, 3.05) is 0 Å². The van der Waals surface area contributed by atoms with Crippen LogP contribution in [0.4, 0.5) is 4.39 Å². The first-order valence-corrected chi connectivity index (χ1v) is 5.46. The van der Waals surface area contributed by atoms with Crippen LogP contribution in [0.3, 0.4) is 0 Å². The summed E-state index contributed by atoms with van der Waals surface area (Å²) in [5, 5.41) is 0. The molecule has 17 heavy (non-hydrogen) atoms. The highest BCUT2D eigenvalue weighted by molar-refractivity contribution is 6.10. The van der Waals surface area contributed by atoms with Gasteiger partial charge in [-0.3, -0.25) is 4.79 Å². The fourth-order valence-corrected chi connectivity index (χ4v) is 1.75. The smallest absolute Gasteiger partial charge is 0.193 e. The molecule has 0 amide bonds. The highest BCUT2D eigenvalue weighted by atomic mass is 19.1. The van der Waals surface area contributed by atoms with Gasteiger partial charge in [0.2, 0.25) is 0 Å². The summed E-state index contributed by atoms with van der Waals surface area (Å²) in [6, 6.07) is 11.3. The lowest BCUT2D eigenvalue weighted by Crippen LogP contribution is -2.04. The Morgan fingerprint density at radius 1 is 1.00 bits per heavy atom. The second-order valence-electron chi connectivity index (χ2n) is 4.08. The Morgan fingerprint density at radius 2 is 1.65 bits per heavy atom. The maximum atomic E-state index is 12.8. The second kappa shape index (κ2) is 4.50. The molecule has 0 heterocycles. The highest BCUT2D eigenvalue weighted by Crippen LogP contribution is 2.17. The van der Waals surface area contributed by atoms with Crippen molar-refractivity contribution in [1.82, 2.24) is 0 Å². The van der Waals surface area contributed by atoms with Gasteiger partial charge in [-0.15, -0.1) is 0 Å². The van der Waals surface area contributed by atoms with Gasteiger partial charge in [-0.05, 0) is 49.2 Å².